The van der Waals surface area contributed by atoms with Gasteiger partial charge in [-0.2, -0.15) is 0 Å². The molecule has 3 atom stereocenters. The van der Waals surface area contributed by atoms with Gasteiger partial charge in [0.05, 0.1) is 5.75 Å². The highest BCUT2D eigenvalue weighted by Gasteiger charge is 2.61. The number of amides is 1. The minimum atomic E-state index is 0.0804. The van der Waals surface area contributed by atoms with Gasteiger partial charge in [-0.25, -0.2) is 4.98 Å². The lowest BCUT2D eigenvalue weighted by Crippen LogP contribution is -2.47. The highest BCUT2D eigenvalue weighted by Crippen LogP contribution is 2.65. The van der Waals surface area contributed by atoms with Crippen molar-refractivity contribution in [1.82, 2.24) is 10.3 Å². The summed E-state index contributed by atoms with van der Waals surface area (Å²) < 4.78 is 5.66. The quantitative estimate of drug-likeness (QED) is 0.843. The first kappa shape index (κ1) is 16.0. The number of benzene rings is 1. The maximum absolute atomic E-state index is 12.4. The summed E-state index contributed by atoms with van der Waals surface area (Å²) in [6.45, 7) is 7.08. The predicted molar refractivity (Wildman–Crippen MR) is 95.9 cm³/mol. The molecule has 1 heterocycles. The second-order valence-corrected chi connectivity index (χ2v) is 8.89. The summed E-state index contributed by atoms with van der Waals surface area (Å²) in [5.74, 6) is 1.17. The Labute approximate surface area is 146 Å². The van der Waals surface area contributed by atoms with Crippen LogP contribution in [0.25, 0.3) is 11.1 Å². The summed E-state index contributed by atoms with van der Waals surface area (Å²) in [7, 11) is 0. The molecule has 1 N–H and O–H groups in total. The minimum absolute atomic E-state index is 0.0804. The number of nitrogens with zero attached hydrogens (tertiary/aromatic N) is 1. The summed E-state index contributed by atoms with van der Waals surface area (Å²) in [6.07, 6.45) is 3.63. The van der Waals surface area contributed by atoms with Crippen LogP contribution in [0.15, 0.2) is 33.9 Å². The van der Waals surface area contributed by atoms with E-state index in [-0.39, 0.29) is 11.3 Å². The average Bonchev–Trinajstić information content (AvgIpc) is 3.11. The number of carbonyl (C=O) groups is 1. The van der Waals surface area contributed by atoms with Crippen molar-refractivity contribution in [3.8, 4) is 0 Å². The zero-order valence-corrected chi connectivity index (χ0v) is 15.3. The van der Waals surface area contributed by atoms with Crippen LogP contribution < -0.4 is 5.32 Å². The number of hydrogen-bond acceptors (Lipinski definition) is 4. The van der Waals surface area contributed by atoms with Gasteiger partial charge < -0.3 is 9.73 Å². The van der Waals surface area contributed by atoms with Crippen LogP contribution in [-0.2, 0) is 4.79 Å². The van der Waals surface area contributed by atoms with E-state index in [1.807, 2.05) is 24.3 Å². The van der Waals surface area contributed by atoms with E-state index < -0.39 is 0 Å². The molecular formula is C19H24N2O2S. The lowest BCUT2D eigenvalue weighted by molar-refractivity contribution is -0.120. The molecule has 2 aliphatic carbocycles. The van der Waals surface area contributed by atoms with Crippen molar-refractivity contribution in [2.45, 2.75) is 51.3 Å². The Hall–Kier alpha value is -1.49. The second-order valence-electron chi connectivity index (χ2n) is 7.97. The molecular weight excluding hydrogens is 320 g/mol. The molecule has 2 aliphatic rings. The van der Waals surface area contributed by atoms with Gasteiger partial charge >= 0.3 is 0 Å². The van der Waals surface area contributed by atoms with Crippen LogP contribution in [0.5, 0.6) is 0 Å². The number of carbonyl (C=O) groups excluding carboxylic acids is 1. The van der Waals surface area contributed by atoms with Crippen LogP contribution in [0.1, 0.15) is 40.0 Å². The third-order valence-corrected chi connectivity index (χ3v) is 7.56. The minimum Gasteiger partial charge on any atom is -0.431 e. The van der Waals surface area contributed by atoms with Crippen LogP contribution >= 0.6 is 11.8 Å². The summed E-state index contributed by atoms with van der Waals surface area (Å²) in [5, 5.41) is 3.84. The molecule has 2 fully saturated rings. The van der Waals surface area contributed by atoms with Crippen molar-refractivity contribution in [2.24, 2.45) is 16.7 Å². The zero-order valence-electron chi connectivity index (χ0n) is 14.5. The Balaban J connectivity index is 1.37. The monoisotopic (exact) mass is 344 g/mol. The Morgan fingerprint density at radius 1 is 1.38 bits per heavy atom. The Morgan fingerprint density at radius 3 is 2.83 bits per heavy atom. The number of thioether (sulfide) groups is 1. The first-order chi connectivity index (χ1) is 11.4. The summed E-state index contributed by atoms with van der Waals surface area (Å²) in [6, 6.07) is 7.96. The first-order valence-electron chi connectivity index (χ1n) is 8.68. The Morgan fingerprint density at radius 2 is 2.17 bits per heavy atom. The predicted octanol–water partition coefficient (Wildman–Crippen LogP) is 4.25. The molecule has 1 aromatic carbocycles. The average molecular weight is 344 g/mol. The lowest BCUT2D eigenvalue weighted by Gasteiger charge is -2.39. The van der Waals surface area contributed by atoms with Gasteiger partial charge in [-0.1, -0.05) is 44.7 Å². The van der Waals surface area contributed by atoms with E-state index >= 15 is 0 Å². The second kappa shape index (κ2) is 5.51. The van der Waals surface area contributed by atoms with Crippen LogP contribution in [-0.4, -0.2) is 22.7 Å². The third kappa shape index (κ3) is 2.36. The maximum atomic E-state index is 12.4. The lowest BCUT2D eigenvalue weighted by atomic mass is 9.69. The molecule has 4 rings (SSSR count). The Bertz CT molecular complexity index is 752. The summed E-state index contributed by atoms with van der Waals surface area (Å²) in [5.41, 5.74) is 2.14. The number of aromatic nitrogens is 1. The molecule has 2 bridgehead atoms. The molecule has 2 saturated carbocycles. The molecule has 24 heavy (non-hydrogen) atoms. The SMILES string of the molecule is CC1(C)[C@@H]2CC[C@]1(C)[C@@H](NC(=O)CSc1nc3ccccc3o1)C2. The molecule has 0 aliphatic heterocycles. The normalized spacial score (nSPS) is 30.8. The van der Waals surface area contributed by atoms with Gasteiger partial charge in [0.2, 0.25) is 5.91 Å². The molecule has 2 aromatic rings. The van der Waals surface area contributed by atoms with E-state index in [1.165, 1.54) is 24.6 Å². The molecule has 4 nitrogen and oxygen atoms in total. The van der Waals surface area contributed by atoms with E-state index in [0.29, 0.717) is 22.4 Å². The van der Waals surface area contributed by atoms with Gasteiger partial charge in [0.25, 0.3) is 5.22 Å². The summed E-state index contributed by atoms with van der Waals surface area (Å²) in [4.78, 5) is 16.8. The number of hydrogen-bond donors (Lipinski definition) is 1. The summed E-state index contributed by atoms with van der Waals surface area (Å²) >= 11 is 1.37. The van der Waals surface area contributed by atoms with Crippen molar-refractivity contribution in [1.29, 1.82) is 0 Å². The van der Waals surface area contributed by atoms with E-state index in [1.54, 1.807) is 0 Å². The highest BCUT2D eigenvalue weighted by atomic mass is 32.2. The number of para-hydroxylation sites is 2. The van der Waals surface area contributed by atoms with E-state index in [2.05, 4.69) is 31.1 Å². The molecule has 1 amide bonds. The van der Waals surface area contributed by atoms with Crippen molar-refractivity contribution in [3.05, 3.63) is 24.3 Å². The van der Waals surface area contributed by atoms with Crippen molar-refractivity contribution >= 4 is 28.8 Å². The topological polar surface area (TPSA) is 55.1 Å². The molecule has 0 unspecified atom stereocenters. The Kier molecular flexibility index (Phi) is 3.68. The van der Waals surface area contributed by atoms with Gasteiger partial charge in [-0.05, 0) is 48.1 Å². The molecule has 5 heteroatoms. The molecule has 0 radical (unpaired) electrons. The van der Waals surface area contributed by atoms with Gasteiger partial charge in [0, 0.05) is 6.04 Å². The molecule has 128 valence electrons. The van der Waals surface area contributed by atoms with Crippen LogP contribution in [0.2, 0.25) is 0 Å². The smallest absolute Gasteiger partial charge is 0.257 e. The number of nitrogens with one attached hydrogen (secondary N) is 1. The number of fused-ring (bicyclic) bond motifs is 3. The fourth-order valence-corrected chi connectivity index (χ4v) is 5.35. The van der Waals surface area contributed by atoms with Crippen molar-refractivity contribution in [2.75, 3.05) is 5.75 Å². The molecule has 0 spiro atoms. The van der Waals surface area contributed by atoms with Gasteiger partial charge in [0.1, 0.15) is 5.52 Å². The maximum Gasteiger partial charge on any atom is 0.257 e. The zero-order chi connectivity index (χ0) is 16.9. The highest BCUT2D eigenvalue weighted by molar-refractivity contribution is 7.99. The molecule has 1 aromatic heterocycles. The number of oxazole rings is 1. The molecule has 0 saturated heterocycles. The fourth-order valence-electron chi connectivity index (χ4n) is 4.70. The van der Waals surface area contributed by atoms with Gasteiger partial charge in [-0.3, -0.25) is 4.79 Å². The standard InChI is InChI=1S/C19H24N2O2S/c1-18(2)12-8-9-19(18,3)15(10-12)21-16(22)11-24-17-20-13-6-4-5-7-14(13)23-17/h4-7,12,15H,8-11H2,1-3H3,(H,21,22)/t12-,15+,19-/m1/s1. The van der Waals surface area contributed by atoms with E-state index in [9.17, 15) is 4.79 Å². The van der Waals surface area contributed by atoms with E-state index in [0.717, 1.165) is 23.4 Å². The van der Waals surface area contributed by atoms with Crippen LogP contribution in [0.3, 0.4) is 0 Å². The van der Waals surface area contributed by atoms with Crippen LogP contribution in [0, 0.1) is 16.7 Å². The van der Waals surface area contributed by atoms with Crippen LogP contribution in [0.4, 0.5) is 0 Å². The largest absolute Gasteiger partial charge is 0.431 e. The van der Waals surface area contributed by atoms with Crippen molar-refractivity contribution in [3.63, 3.8) is 0 Å². The first-order valence-corrected chi connectivity index (χ1v) is 9.66. The third-order valence-electron chi connectivity index (χ3n) is 6.73. The van der Waals surface area contributed by atoms with E-state index in [4.69, 9.17) is 4.42 Å². The number of rotatable bonds is 4. The van der Waals surface area contributed by atoms with Gasteiger partial charge in [-0.15, -0.1) is 0 Å². The fraction of sp³-hybridized carbons (Fsp3) is 0.579. The van der Waals surface area contributed by atoms with Crippen molar-refractivity contribution < 1.29 is 9.21 Å². The van der Waals surface area contributed by atoms with Gasteiger partial charge in [0.15, 0.2) is 5.58 Å².